The molecule has 0 aliphatic carbocycles. The Morgan fingerprint density at radius 1 is 0.864 bits per heavy atom. The second kappa shape index (κ2) is 12.1. The molecule has 0 N–H and O–H groups in total. The first-order valence-electron chi connectivity index (χ1n) is 14.2. The number of aromatic nitrogens is 3. The van der Waals surface area contributed by atoms with Crippen LogP contribution in [0.4, 0.5) is 18.0 Å². The van der Waals surface area contributed by atoms with E-state index >= 15 is 0 Å². The number of hydrogen-bond acceptors (Lipinski definition) is 6. The van der Waals surface area contributed by atoms with E-state index in [1.807, 2.05) is 39.0 Å². The van der Waals surface area contributed by atoms with Crippen molar-refractivity contribution in [2.45, 2.75) is 51.3 Å². The van der Waals surface area contributed by atoms with Gasteiger partial charge in [-0.3, -0.25) is 0 Å². The molecule has 1 aliphatic heterocycles. The topological polar surface area (TPSA) is 86.5 Å². The zero-order valence-corrected chi connectivity index (χ0v) is 24.9. The molecule has 3 aromatic carbocycles. The maximum Gasteiger partial charge on any atom is 0.416 e. The van der Waals surface area contributed by atoms with E-state index in [2.05, 4.69) is 22.4 Å². The lowest BCUT2D eigenvalue weighted by atomic mass is 9.88. The fraction of sp³-hybridized carbons (Fsp3) is 0.333. The van der Waals surface area contributed by atoms with Crippen LogP contribution in [-0.4, -0.2) is 57.8 Å². The third-order valence-corrected chi connectivity index (χ3v) is 7.47. The molecule has 0 spiro atoms. The van der Waals surface area contributed by atoms with Crippen molar-refractivity contribution >= 4 is 12.1 Å². The van der Waals surface area contributed by atoms with Gasteiger partial charge in [-0.25, -0.2) is 14.3 Å². The van der Waals surface area contributed by atoms with E-state index < -0.39 is 23.3 Å². The molecule has 8 nitrogen and oxygen atoms in total. The van der Waals surface area contributed by atoms with Gasteiger partial charge >= 0.3 is 18.2 Å². The number of amides is 1. The summed E-state index contributed by atoms with van der Waals surface area (Å²) in [6, 6.07) is 18.0. The second-order valence-corrected chi connectivity index (χ2v) is 11.7. The van der Waals surface area contributed by atoms with Crippen LogP contribution in [-0.2, 0) is 15.7 Å². The first kappa shape index (κ1) is 30.8. The first-order valence-corrected chi connectivity index (χ1v) is 14.2. The molecule has 0 atom stereocenters. The van der Waals surface area contributed by atoms with Gasteiger partial charge in [0.1, 0.15) is 11.3 Å². The van der Waals surface area contributed by atoms with E-state index in [-0.39, 0.29) is 6.09 Å². The largest absolute Gasteiger partial charge is 0.465 e. The highest BCUT2D eigenvalue weighted by atomic mass is 19.4. The molecule has 1 aromatic heterocycles. The zero-order valence-electron chi connectivity index (χ0n) is 24.9. The van der Waals surface area contributed by atoms with E-state index in [0.29, 0.717) is 41.5 Å². The Bertz CT molecular complexity index is 1630. The van der Waals surface area contributed by atoms with Crippen molar-refractivity contribution in [2.75, 3.05) is 20.2 Å². The molecule has 230 valence electrons. The van der Waals surface area contributed by atoms with Crippen molar-refractivity contribution in [3.8, 4) is 28.1 Å². The molecule has 2 heterocycles. The monoisotopic (exact) mass is 606 g/mol. The van der Waals surface area contributed by atoms with Gasteiger partial charge in [-0.15, -0.1) is 5.10 Å². The molecule has 11 heteroatoms. The average Bonchev–Trinajstić information content (AvgIpc) is 3.50. The zero-order chi connectivity index (χ0) is 31.6. The van der Waals surface area contributed by atoms with Gasteiger partial charge in [0.05, 0.1) is 30.1 Å². The summed E-state index contributed by atoms with van der Waals surface area (Å²) in [6.45, 7) is 6.82. The molecule has 0 radical (unpaired) electrons. The quantitative estimate of drug-likeness (QED) is 0.219. The number of esters is 1. The molecule has 1 aliphatic rings. The van der Waals surface area contributed by atoms with Crippen LogP contribution in [0.3, 0.4) is 0 Å². The normalized spacial score (nSPS) is 14.4. The fourth-order valence-corrected chi connectivity index (χ4v) is 5.17. The third kappa shape index (κ3) is 7.10. The van der Waals surface area contributed by atoms with E-state index in [1.165, 1.54) is 29.5 Å². The minimum Gasteiger partial charge on any atom is -0.465 e. The molecule has 1 fully saturated rings. The number of carbonyl (C=O) groups is 2. The van der Waals surface area contributed by atoms with E-state index in [4.69, 9.17) is 9.47 Å². The summed E-state index contributed by atoms with van der Waals surface area (Å²) in [7, 11) is 1.30. The Morgan fingerprint density at radius 3 is 2.09 bits per heavy atom. The number of benzene rings is 3. The molecule has 44 heavy (non-hydrogen) atoms. The van der Waals surface area contributed by atoms with Crippen molar-refractivity contribution in [3.63, 3.8) is 0 Å². The second-order valence-electron chi connectivity index (χ2n) is 11.7. The summed E-state index contributed by atoms with van der Waals surface area (Å²) in [6.07, 6.45) is -1.47. The van der Waals surface area contributed by atoms with Gasteiger partial charge in [0.2, 0.25) is 0 Å². The molecule has 0 saturated carbocycles. The molecule has 1 saturated heterocycles. The number of halogens is 3. The van der Waals surface area contributed by atoms with Crippen LogP contribution in [0, 0.1) is 0 Å². The molecule has 4 aromatic rings. The van der Waals surface area contributed by atoms with Gasteiger partial charge in [-0.1, -0.05) is 41.6 Å². The number of likely N-dealkylation sites (tertiary alicyclic amines) is 1. The van der Waals surface area contributed by atoms with E-state index in [9.17, 15) is 22.8 Å². The van der Waals surface area contributed by atoms with E-state index in [0.717, 1.165) is 36.1 Å². The smallest absolute Gasteiger partial charge is 0.416 e. The molecule has 0 unspecified atom stereocenters. The maximum atomic E-state index is 13.0. The maximum absolute atomic E-state index is 13.0. The summed E-state index contributed by atoms with van der Waals surface area (Å²) in [5.41, 5.74) is 3.21. The summed E-state index contributed by atoms with van der Waals surface area (Å²) in [4.78, 5) is 26.7. The van der Waals surface area contributed by atoms with Crippen LogP contribution in [0.15, 0.2) is 72.9 Å². The Balaban J connectivity index is 1.35. The summed E-state index contributed by atoms with van der Waals surface area (Å²) in [5, 5.41) is 8.30. The lowest BCUT2D eigenvalue weighted by Crippen LogP contribution is -2.41. The highest BCUT2D eigenvalue weighted by Gasteiger charge is 2.30. The number of methoxy groups -OCH3 is 1. The predicted octanol–water partition coefficient (Wildman–Crippen LogP) is 7.52. The van der Waals surface area contributed by atoms with Crippen LogP contribution in [0.25, 0.3) is 28.1 Å². The van der Waals surface area contributed by atoms with Gasteiger partial charge in [0, 0.05) is 18.7 Å². The summed E-state index contributed by atoms with van der Waals surface area (Å²) >= 11 is 0. The Morgan fingerprint density at radius 2 is 1.50 bits per heavy atom. The number of ether oxygens (including phenoxy) is 2. The van der Waals surface area contributed by atoms with Crippen LogP contribution >= 0.6 is 0 Å². The van der Waals surface area contributed by atoms with Crippen molar-refractivity contribution < 1.29 is 32.2 Å². The standard InChI is InChI=1S/C33H33F3N4O4/c1-32(2,3)44-31(42)39-15-13-23(14-16-39)21-5-7-22(8-6-21)25-17-26(30(41)43-4)19-28(18-25)40-20-29(37-38-40)24-9-11-27(12-10-24)33(34,35)36/h5-12,17-20,23H,13-16H2,1-4H3. The summed E-state index contributed by atoms with van der Waals surface area (Å²) in [5.74, 6) is -0.219. The number of hydrogen-bond donors (Lipinski definition) is 0. The minimum atomic E-state index is -4.43. The summed E-state index contributed by atoms with van der Waals surface area (Å²) < 4.78 is 50.9. The lowest BCUT2D eigenvalue weighted by molar-refractivity contribution is -0.137. The van der Waals surface area contributed by atoms with Crippen molar-refractivity contribution in [1.82, 2.24) is 19.9 Å². The lowest BCUT2D eigenvalue weighted by Gasteiger charge is -2.33. The van der Waals surface area contributed by atoms with Crippen molar-refractivity contribution in [3.05, 3.63) is 89.6 Å². The highest BCUT2D eigenvalue weighted by molar-refractivity contribution is 5.92. The number of piperidine rings is 1. The Kier molecular flexibility index (Phi) is 8.49. The highest BCUT2D eigenvalue weighted by Crippen LogP contribution is 2.33. The molecular weight excluding hydrogens is 573 g/mol. The molecule has 5 rings (SSSR count). The van der Waals surface area contributed by atoms with Crippen molar-refractivity contribution in [2.24, 2.45) is 0 Å². The number of nitrogens with zero attached hydrogens (tertiary/aromatic N) is 4. The first-order chi connectivity index (χ1) is 20.8. The van der Waals surface area contributed by atoms with Gasteiger partial charge in [-0.05, 0) is 86.6 Å². The number of rotatable bonds is 5. The van der Waals surface area contributed by atoms with Crippen LogP contribution in [0.2, 0.25) is 0 Å². The number of alkyl halides is 3. The molecule has 1 amide bonds. The van der Waals surface area contributed by atoms with Gasteiger partial charge in [0.15, 0.2) is 0 Å². The van der Waals surface area contributed by atoms with Crippen molar-refractivity contribution in [1.29, 1.82) is 0 Å². The Hall–Kier alpha value is -4.67. The predicted molar refractivity (Wildman–Crippen MR) is 158 cm³/mol. The average molecular weight is 607 g/mol. The third-order valence-electron chi connectivity index (χ3n) is 7.47. The minimum absolute atomic E-state index is 0.286. The number of carbonyl (C=O) groups excluding carboxylic acids is 2. The van der Waals surface area contributed by atoms with Gasteiger partial charge in [-0.2, -0.15) is 13.2 Å². The molecule has 0 bridgehead atoms. The van der Waals surface area contributed by atoms with Gasteiger partial charge < -0.3 is 14.4 Å². The van der Waals surface area contributed by atoms with Crippen LogP contribution in [0.5, 0.6) is 0 Å². The Labute approximate surface area is 253 Å². The van der Waals surface area contributed by atoms with E-state index in [1.54, 1.807) is 23.2 Å². The van der Waals surface area contributed by atoms with Gasteiger partial charge in [0.25, 0.3) is 0 Å². The molecular formula is C33H33F3N4O4. The van der Waals surface area contributed by atoms with Crippen LogP contribution < -0.4 is 0 Å². The van der Waals surface area contributed by atoms with Crippen LogP contribution in [0.1, 0.15) is 61.0 Å². The SMILES string of the molecule is COC(=O)c1cc(-c2ccc(C3CCN(C(=O)OC(C)(C)C)CC3)cc2)cc(-n2cc(-c3ccc(C(F)(F)F)cc3)nn2)c1. The fourth-order valence-electron chi connectivity index (χ4n) is 5.17.